The van der Waals surface area contributed by atoms with E-state index in [1.165, 1.54) is 16.0 Å². The molecule has 0 aliphatic carbocycles. The Hall–Kier alpha value is -1.39. The maximum atomic E-state index is 12.3. The van der Waals surface area contributed by atoms with E-state index in [-0.39, 0.29) is 5.91 Å². The number of thioether (sulfide) groups is 2. The number of para-hydroxylation sites is 1. The lowest BCUT2D eigenvalue weighted by molar-refractivity contribution is -0.113. The van der Waals surface area contributed by atoms with Gasteiger partial charge in [0, 0.05) is 16.3 Å². The van der Waals surface area contributed by atoms with Gasteiger partial charge in [0.1, 0.15) is 0 Å². The SMILES string of the molecule is CSc1ccc(CSCC(=O)Nc2c(C)cccc2C(C)C)cc1. The first-order valence-electron chi connectivity index (χ1n) is 8.11. The van der Waals surface area contributed by atoms with E-state index in [2.05, 4.69) is 55.8 Å². The van der Waals surface area contributed by atoms with E-state index in [0.717, 1.165) is 17.0 Å². The Kier molecular flexibility index (Phi) is 7.25. The molecule has 2 aromatic rings. The molecule has 0 saturated carbocycles. The second-order valence-corrected chi connectivity index (χ2v) is 7.95. The van der Waals surface area contributed by atoms with Crippen molar-refractivity contribution in [3.63, 3.8) is 0 Å². The van der Waals surface area contributed by atoms with Crippen LogP contribution in [0.1, 0.15) is 36.5 Å². The summed E-state index contributed by atoms with van der Waals surface area (Å²) in [7, 11) is 0. The normalized spacial score (nSPS) is 10.9. The average molecular weight is 360 g/mol. The summed E-state index contributed by atoms with van der Waals surface area (Å²) in [5, 5.41) is 3.10. The summed E-state index contributed by atoms with van der Waals surface area (Å²) in [5.74, 6) is 1.78. The van der Waals surface area contributed by atoms with Crippen LogP contribution in [0.2, 0.25) is 0 Å². The molecule has 0 aromatic heterocycles. The Labute approximate surface area is 153 Å². The fraction of sp³-hybridized carbons (Fsp3) is 0.350. The molecule has 2 aromatic carbocycles. The number of rotatable bonds is 7. The van der Waals surface area contributed by atoms with Crippen molar-refractivity contribution in [1.29, 1.82) is 0 Å². The zero-order valence-corrected chi connectivity index (χ0v) is 16.4. The van der Waals surface area contributed by atoms with Gasteiger partial charge in [-0.3, -0.25) is 4.79 Å². The molecule has 4 heteroatoms. The van der Waals surface area contributed by atoms with Crippen molar-refractivity contribution in [2.75, 3.05) is 17.3 Å². The standard InChI is InChI=1S/C20H25NOS2/c1-14(2)18-7-5-6-15(3)20(18)21-19(22)13-24-12-16-8-10-17(23-4)11-9-16/h5-11,14H,12-13H2,1-4H3,(H,21,22). The van der Waals surface area contributed by atoms with Crippen LogP contribution in [0.3, 0.4) is 0 Å². The fourth-order valence-corrected chi connectivity index (χ4v) is 3.70. The van der Waals surface area contributed by atoms with Crippen molar-refractivity contribution in [3.8, 4) is 0 Å². The van der Waals surface area contributed by atoms with Gasteiger partial charge >= 0.3 is 0 Å². The fourth-order valence-electron chi connectivity index (χ4n) is 2.50. The van der Waals surface area contributed by atoms with Crippen molar-refractivity contribution in [2.45, 2.75) is 37.3 Å². The molecule has 0 atom stereocenters. The molecule has 2 rings (SSSR count). The third-order valence-corrected chi connectivity index (χ3v) is 5.60. The van der Waals surface area contributed by atoms with Crippen molar-refractivity contribution in [2.24, 2.45) is 0 Å². The molecule has 0 aliphatic heterocycles. The maximum Gasteiger partial charge on any atom is 0.234 e. The minimum absolute atomic E-state index is 0.0666. The third kappa shape index (κ3) is 5.32. The highest BCUT2D eigenvalue weighted by Gasteiger charge is 2.12. The molecule has 0 aliphatic rings. The number of aryl methyl sites for hydroxylation is 1. The highest BCUT2D eigenvalue weighted by atomic mass is 32.2. The summed E-state index contributed by atoms with van der Waals surface area (Å²) in [6.07, 6.45) is 2.07. The quantitative estimate of drug-likeness (QED) is 0.642. The molecule has 0 unspecified atom stereocenters. The minimum atomic E-state index is 0.0666. The van der Waals surface area contributed by atoms with Crippen LogP contribution in [0, 0.1) is 6.92 Å². The molecule has 1 N–H and O–H groups in total. The monoisotopic (exact) mass is 359 g/mol. The Morgan fingerprint density at radius 2 is 1.83 bits per heavy atom. The highest BCUT2D eigenvalue weighted by molar-refractivity contribution is 7.99. The van der Waals surface area contributed by atoms with Crippen LogP contribution < -0.4 is 5.32 Å². The molecule has 0 bridgehead atoms. The Morgan fingerprint density at radius 3 is 2.46 bits per heavy atom. The lowest BCUT2D eigenvalue weighted by Gasteiger charge is -2.16. The Balaban J connectivity index is 1.89. The molecule has 0 saturated heterocycles. The molecular weight excluding hydrogens is 334 g/mol. The molecule has 128 valence electrons. The van der Waals surface area contributed by atoms with E-state index in [0.29, 0.717) is 11.7 Å². The van der Waals surface area contributed by atoms with Crippen molar-refractivity contribution < 1.29 is 4.79 Å². The predicted octanol–water partition coefficient (Wildman–Crippen LogP) is 5.71. The molecule has 0 spiro atoms. The van der Waals surface area contributed by atoms with E-state index in [1.54, 1.807) is 23.5 Å². The zero-order valence-electron chi connectivity index (χ0n) is 14.8. The van der Waals surface area contributed by atoms with Gasteiger partial charge in [0.05, 0.1) is 5.75 Å². The summed E-state index contributed by atoms with van der Waals surface area (Å²) in [4.78, 5) is 13.6. The summed E-state index contributed by atoms with van der Waals surface area (Å²) < 4.78 is 0. The number of hydrogen-bond donors (Lipinski definition) is 1. The molecule has 1 amide bonds. The first-order valence-corrected chi connectivity index (χ1v) is 10.5. The van der Waals surface area contributed by atoms with Gasteiger partial charge in [-0.05, 0) is 47.9 Å². The zero-order chi connectivity index (χ0) is 17.5. The summed E-state index contributed by atoms with van der Waals surface area (Å²) in [6.45, 7) is 6.34. The van der Waals surface area contributed by atoms with Crippen LogP contribution in [0.15, 0.2) is 47.4 Å². The average Bonchev–Trinajstić information content (AvgIpc) is 2.57. The van der Waals surface area contributed by atoms with Crippen molar-refractivity contribution >= 4 is 35.1 Å². The number of anilines is 1. The molecule has 24 heavy (non-hydrogen) atoms. The molecule has 0 heterocycles. The number of carbonyl (C=O) groups excluding carboxylic acids is 1. The first kappa shape index (κ1) is 18.9. The number of benzene rings is 2. The van der Waals surface area contributed by atoms with Crippen molar-refractivity contribution in [1.82, 2.24) is 0 Å². The van der Waals surface area contributed by atoms with Crippen LogP contribution >= 0.6 is 23.5 Å². The number of nitrogens with one attached hydrogen (secondary N) is 1. The van der Waals surface area contributed by atoms with Gasteiger partial charge in [0.25, 0.3) is 0 Å². The molecular formula is C20H25NOS2. The van der Waals surface area contributed by atoms with E-state index in [1.807, 2.05) is 19.1 Å². The van der Waals surface area contributed by atoms with E-state index >= 15 is 0 Å². The van der Waals surface area contributed by atoms with Gasteiger partial charge in [0.15, 0.2) is 0 Å². The minimum Gasteiger partial charge on any atom is -0.325 e. The van der Waals surface area contributed by atoms with Crippen LogP contribution in [-0.2, 0) is 10.5 Å². The van der Waals surface area contributed by atoms with Crippen LogP contribution in [0.4, 0.5) is 5.69 Å². The predicted molar refractivity (Wildman–Crippen MR) is 108 cm³/mol. The van der Waals surface area contributed by atoms with E-state index in [4.69, 9.17) is 0 Å². The van der Waals surface area contributed by atoms with E-state index in [9.17, 15) is 4.79 Å². The third-order valence-electron chi connectivity index (χ3n) is 3.85. The summed E-state index contributed by atoms with van der Waals surface area (Å²) >= 11 is 3.39. The topological polar surface area (TPSA) is 29.1 Å². The molecule has 0 fully saturated rings. The van der Waals surface area contributed by atoms with Crippen LogP contribution in [-0.4, -0.2) is 17.9 Å². The van der Waals surface area contributed by atoms with E-state index < -0.39 is 0 Å². The second-order valence-electron chi connectivity index (χ2n) is 6.08. The Morgan fingerprint density at radius 1 is 1.12 bits per heavy atom. The van der Waals surface area contributed by atoms with Gasteiger partial charge in [0.2, 0.25) is 5.91 Å². The summed E-state index contributed by atoms with van der Waals surface area (Å²) in [6, 6.07) is 14.7. The lowest BCUT2D eigenvalue weighted by Crippen LogP contribution is -2.16. The first-order chi connectivity index (χ1) is 11.5. The number of amides is 1. The van der Waals surface area contributed by atoms with Crippen molar-refractivity contribution in [3.05, 3.63) is 59.2 Å². The van der Waals surface area contributed by atoms with Gasteiger partial charge in [-0.1, -0.05) is 44.2 Å². The van der Waals surface area contributed by atoms with Gasteiger partial charge in [-0.15, -0.1) is 23.5 Å². The van der Waals surface area contributed by atoms with Crippen LogP contribution in [0.5, 0.6) is 0 Å². The van der Waals surface area contributed by atoms with Gasteiger partial charge in [-0.25, -0.2) is 0 Å². The number of carbonyl (C=O) groups is 1. The Bertz CT molecular complexity index is 681. The maximum absolute atomic E-state index is 12.3. The van der Waals surface area contributed by atoms with Gasteiger partial charge in [-0.2, -0.15) is 0 Å². The summed E-state index contributed by atoms with van der Waals surface area (Å²) in [5.41, 5.74) is 4.54. The smallest absolute Gasteiger partial charge is 0.234 e. The van der Waals surface area contributed by atoms with Crippen LogP contribution in [0.25, 0.3) is 0 Å². The number of hydrogen-bond acceptors (Lipinski definition) is 3. The largest absolute Gasteiger partial charge is 0.325 e. The lowest BCUT2D eigenvalue weighted by atomic mass is 9.98. The molecule has 0 radical (unpaired) electrons. The highest BCUT2D eigenvalue weighted by Crippen LogP contribution is 2.27. The second kappa shape index (κ2) is 9.19. The molecule has 2 nitrogen and oxygen atoms in total. The van der Waals surface area contributed by atoms with Gasteiger partial charge < -0.3 is 5.32 Å².